The van der Waals surface area contributed by atoms with E-state index in [4.69, 9.17) is 4.52 Å². The summed E-state index contributed by atoms with van der Waals surface area (Å²) in [5, 5.41) is 7.83. The van der Waals surface area contributed by atoms with Crippen LogP contribution in [0.15, 0.2) is 53.2 Å². The van der Waals surface area contributed by atoms with Crippen LogP contribution in [0.5, 0.6) is 0 Å². The van der Waals surface area contributed by atoms with Crippen molar-refractivity contribution in [2.45, 2.75) is 38.1 Å². The van der Waals surface area contributed by atoms with Gasteiger partial charge in [0.15, 0.2) is 5.82 Å². The van der Waals surface area contributed by atoms with Crippen molar-refractivity contribution < 1.29 is 9.32 Å². The Morgan fingerprint density at radius 2 is 2.03 bits per heavy atom. The molecule has 1 saturated carbocycles. The zero-order chi connectivity index (χ0) is 20.7. The van der Waals surface area contributed by atoms with Crippen LogP contribution in [-0.2, 0) is 12.0 Å². The monoisotopic (exact) mass is 512 g/mol. The summed E-state index contributed by atoms with van der Waals surface area (Å²) in [7, 11) is 0. The molecule has 1 aliphatic carbocycles. The number of para-hydroxylation sites is 1. The molecule has 1 aliphatic rings. The van der Waals surface area contributed by atoms with Crippen molar-refractivity contribution in [2.75, 3.05) is 0 Å². The van der Waals surface area contributed by atoms with E-state index in [-0.39, 0.29) is 17.9 Å². The zero-order valence-corrected chi connectivity index (χ0v) is 18.7. The van der Waals surface area contributed by atoms with E-state index in [1.807, 2.05) is 12.1 Å². The van der Waals surface area contributed by atoms with Crippen LogP contribution in [0.25, 0.3) is 10.9 Å². The van der Waals surface area contributed by atoms with Gasteiger partial charge in [-0.25, -0.2) is 0 Å². The second kappa shape index (κ2) is 7.54. The molecule has 2 N–H and O–H groups in total. The van der Waals surface area contributed by atoms with Crippen molar-refractivity contribution in [3.63, 3.8) is 0 Å². The molecule has 0 spiro atoms. The highest BCUT2D eigenvalue weighted by molar-refractivity contribution is 14.1. The number of aryl methyl sites for hydroxylation is 1. The molecule has 30 heavy (non-hydrogen) atoms. The SMILES string of the molecule is Cc1nc(CNC(=O)c2cccc3c(C4(c5ccc(I)cc5)CCC4)c[nH]c23)no1. The van der Waals surface area contributed by atoms with Gasteiger partial charge < -0.3 is 14.8 Å². The lowest BCUT2D eigenvalue weighted by atomic mass is 9.60. The predicted octanol–water partition coefficient (Wildman–Crippen LogP) is 4.86. The maximum atomic E-state index is 12.9. The molecule has 1 fully saturated rings. The lowest BCUT2D eigenvalue weighted by Gasteiger charge is -2.42. The summed E-state index contributed by atoms with van der Waals surface area (Å²) in [6, 6.07) is 14.7. The first-order valence-corrected chi connectivity index (χ1v) is 11.1. The number of carbonyl (C=O) groups is 1. The minimum Gasteiger partial charge on any atom is -0.360 e. The standard InChI is InChI=1S/C23H21IN4O2/c1-14-27-20(28-30-14)13-26-22(29)18-5-2-4-17-19(12-25-21(17)18)23(10-3-11-23)15-6-8-16(24)9-7-15/h2,4-9,12,25H,3,10-11,13H2,1H3,(H,26,29). The quantitative estimate of drug-likeness (QED) is 0.374. The number of halogens is 1. The van der Waals surface area contributed by atoms with Crippen molar-refractivity contribution in [1.82, 2.24) is 20.4 Å². The molecular formula is C23H21IN4O2. The molecule has 0 saturated heterocycles. The summed E-state index contributed by atoms with van der Waals surface area (Å²) in [6.45, 7) is 1.95. The highest BCUT2D eigenvalue weighted by Gasteiger charge is 2.42. The predicted molar refractivity (Wildman–Crippen MR) is 122 cm³/mol. The molecule has 5 rings (SSSR count). The van der Waals surface area contributed by atoms with Crippen LogP contribution in [0.1, 0.15) is 52.5 Å². The Morgan fingerprint density at radius 1 is 1.23 bits per heavy atom. The fourth-order valence-corrected chi connectivity index (χ4v) is 4.78. The topological polar surface area (TPSA) is 83.8 Å². The first-order chi connectivity index (χ1) is 14.6. The Balaban J connectivity index is 1.48. The van der Waals surface area contributed by atoms with Gasteiger partial charge in [-0.3, -0.25) is 4.79 Å². The Bertz CT molecular complexity index is 1220. The number of aromatic amines is 1. The molecule has 0 radical (unpaired) electrons. The molecule has 4 aromatic rings. The van der Waals surface area contributed by atoms with Gasteiger partial charge in [0, 0.05) is 27.5 Å². The van der Waals surface area contributed by atoms with Crippen LogP contribution >= 0.6 is 22.6 Å². The molecule has 152 valence electrons. The largest absolute Gasteiger partial charge is 0.360 e. The summed E-state index contributed by atoms with van der Waals surface area (Å²) >= 11 is 2.34. The summed E-state index contributed by atoms with van der Waals surface area (Å²) in [4.78, 5) is 20.4. The number of fused-ring (bicyclic) bond motifs is 1. The molecule has 0 aliphatic heterocycles. The van der Waals surface area contributed by atoms with Crippen molar-refractivity contribution in [1.29, 1.82) is 0 Å². The number of hydrogen-bond acceptors (Lipinski definition) is 4. The number of nitrogens with one attached hydrogen (secondary N) is 2. The van der Waals surface area contributed by atoms with Gasteiger partial charge in [0.25, 0.3) is 5.91 Å². The Kier molecular flexibility index (Phi) is 4.85. The van der Waals surface area contributed by atoms with E-state index < -0.39 is 0 Å². The fourth-order valence-electron chi connectivity index (χ4n) is 4.42. The molecule has 0 atom stereocenters. The molecule has 0 unspecified atom stereocenters. The molecular weight excluding hydrogens is 491 g/mol. The first-order valence-electron chi connectivity index (χ1n) is 10.0. The van der Waals surface area contributed by atoms with Gasteiger partial charge >= 0.3 is 0 Å². The van der Waals surface area contributed by atoms with E-state index in [0.29, 0.717) is 17.3 Å². The van der Waals surface area contributed by atoms with Crippen molar-refractivity contribution >= 4 is 39.4 Å². The summed E-state index contributed by atoms with van der Waals surface area (Å²) in [5.74, 6) is 0.789. The summed E-state index contributed by atoms with van der Waals surface area (Å²) in [6.07, 6.45) is 5.53. The van der Waals surface area contributed by atoms with Crippen LogP contribution in [0, 0.1) is 10.5 Å². The van der Waals surface area contributed by atoms with E-state index in [9.17, 15) is 4.79 Å². The molecule has 7 heteroatoms. The summed E-state index contributed by atoms with van der Waals surface area (Å²) in [5.41, 5.74) is 4.12. The van der Waals surface area contributed by atoms with E-state index in [0.717, 1.165) is 23.7 Å². The fraction of sp³-hybridized carbons (Fsp3) is 0.261. The first kappa shape index (κ1) is 19.3. The molecule has 1 amide bonds. The Hall–Kier alpha value is -2.68. The average molecular weight is 512 g/mol. The highest BCUT2D eigenvalue weighted by Crippen LogP contribution is 2.51. The molecule has 6 nitrogen and oxygen atoms in total. The van der Waals surface area contributed by atoms with Crippen LogP contribution in [0.2, 0.25) is 0 Å². The Morgan fingerprint density at radius 3 is 2.70 bits per heavy atom. The number of rotatable bonds is 5. The molecule has 2 heterocycles. The number of H-pyrrole nitrogens is 1. The van der Waals surface area contributed by atoms with Gasteiger partial charge in [0.2, 0.25) is 5.89 Å². The maximum absolute atomic E-state index is 12.9. The number of amides is 1. The van der Waals surface area contributed by atoms with Gasteiger partial charge in [-0.2, -0.15) is 4.98 Å². The second-order valence-corrected chi connectivity index (χ2v) is 9.03. The number of hydrogen-bond donors (Lipinski definition) is 2. The third-order valence-corrected chi connectivity index (χ3v) is 6.78. The second-order valence-electron chi connectivity index (χ2n) is 7.79. The lowest BCUT2D eigenvalue weighted by molar-refractivity contribution is 0.0951. The Labute approximate surface area is 187 Å². The highest BCUT2D eigenvalue weighted by atomic mass is 127. The number of carbonyl (C=O) groups excluding carboxylic acids is 1. The third-order valence-electron chi connectivity index (χ3n) is 6.06. The van der Waals surface area contributed by atoms with Gasteiger partial charge in [0.1, 0.15) is 0 Å². The zero-order valence-electron chi connectivity index (χ0n) is 16.5. The molecule has 2 aromatic carbocycles. The van der Waals surface area contributed by atoms with E-state index >= 15 is 0 Å². The van der Waals surface area contributed by atoms with Crippen molar-refractivity contribution in [3.05, 3.63) is 80.6 Å². The number of benzene rings is 2. The van der Waals surface area contributed by atoms with Crippen LogP contribution in [0.4, 0.5) is 0 Å². The number of nitrogens with zero attached hydrogens (tertiary/aromatic N) is 2. The molecule has 2 aromatic heterocycles. The van der Waals surface area contributed by atoms with Crippen molar-refractivity contribution in [3.8, 4) is 0 Å². The van der Waals surface area contributed by atoms with Gasteiger partial charge in [-0.05, 0) is 64.8 Å². The van der Waals surface area contributed by atoms with Gasteiger partial charge in [-0.1, -0.05) is 35.8 Å². The molecule has 0 bridgehead atoms. The van der Waals surface area contributed by atoms with Crippen molar-refractivity contribution in [2.24, 2.45) is 0 Å². The maximum Gasteiger partial charge on any atom is 0.253 e. The minimum absolute atomic E-state index is 0.0137. The van der Waals surface area contributed by atoms with Crippen LogP contribution in [0.3, 0.4) is 0 Å². The minimum atomic E-state index is -0.159. The smallest absolute Gasteiger partial charge is 0.253 e. The number of aromatic nitrogens is 3. The van der Waals surface area contributed by atoms with E-state index in [1.54, 1.807) is 6.92 Å². The van der Waals surface area contributed by atoms with E-state index in [1.165, 1.54) is 21.1 Å². The lowest BCUT2D eigenvalue weighted by Crippen LogP contribution is -2.35. The normalized spacial score (nSPS) is 15.1. The third kappa shape index (κ3) is 3.21. The average Bonchev–Trinajstić information content (AvgIpc) is 3.33. The van der Waals surface area contributed by atoms with E-state index in [2.05, 4.69) is 79.6 Å². The summed E-state index contributed by atoms with van der Waals surface area (Å²) < 4.78 is 6.20. The van der Waals surface area contributed by atoms with Crippen LogP contribution < -0.4 is 5.32 Å². The van der Waals surface area contributed by atoms with Crippen LogP contribution in [-0.4, -0.2) is 21.0 Å². The van der Waals surface area contributed by atoms with Gasteiger partial charge in [0.05, 0.1) is 17.6 Å². The van der Waals surface area contributed by atoms with Gasteiger partial charge in [-0.15, -0.1) is 0 Å².